The fourth-order valence-electron chi connectivity index (χ4n) is 2.66. The van der Waals surface area contributed by atoms with Gasteiger partial charge in [-0.1, -0.05) is 13.3 Å². The van der Waals surface area contributed by atoms with Gasteiger partial charge < -0.3 is 14.6 Å². The van der Waals surface area contributed by atoms with Gasteiger partial charge in [-0.3, -0.25) is 0 Å². The van der Waals surface area contributed by atoms with Gasteiger partial charge in [0, 0.05) is 23.6 Å². The van der Waals surface area contributed by atoms with Crippen molar-refractivity contribution >= 4 is 0 Å². The number of methoxy groups -OCH3 is 1. The first kappa shape index (κ1) is 15.6. The van der Waals surface area contributed by atoms with Crippen LogP contribution in [0.4, 0.5) is 0 Å². The predicted molar refractivity (Wildman–Crippen MR) is 88.4 cm³/mol. The second-order valence-corrected chi connectivity index (χ2v) is 5.46. The molecule has 0 atom stereocenters. The summed E-state index contributed by atoms with van der Waals surface area (Å²) >= 11 is 0. The number of nitrogens with one attached hydrogen (secondary N) is 1. The number of nitrogens with zero attached hydrogens (tertiary/aromatic N) is 1. The number of rotatable bonds is 7. The lowest BCUT2D eigenvalue weighted by Gasteiger charge is -2.11. The second-order valence-electron chi connectivity index (χ2n) is 5.46. The molecule has 1 heterocycles. The maximum Gasteiger partial charge on any atom is 0.119 e. The fraction of sp³-hybridized carbons (Fsp3) is 0.444. The average Bonchev–Trinajstić information content (AvgIpc) is 2.78. The monoisotopic (exact) mass is 286 g/mol. The molecule has 2 rings (SSSR count). The summed E-state index contributed by atoms with van der Waals surface area (Å²) in [6.45, 7) is 8.59. The Labute approximate surface area is 127 Å². The lowest BCUT2D eigenvalue weighted by molar-refractivity contribution is 0.414. The number of hydrogen-bond donors (Lipinski definition) is 1. The van der Waals surface area contributed by atoms with Crippen molar-refractivity contribution in [1.82, 2.24) is 9.88 Å². The summed E-state index contributed by atoms with van der Waals surface area (Å²) in [5, 5.41) is 3.52. The van der Waals surface area contributed by atoms with Crippen LogP contribution in [0.25, 0.3) is 5.69 Å². The van der Waals surface area contributed by atoms with Gasteiger partial charge in [-0.25, -0.2) is 0 Å². The van der Waals surface area contributed by atoms with Crippen LogP contribution in [-0.4, -0.2) is 18.2 Å². The van der Waals surface area contributed by atoms with E-state index in [-0.39, 0.29) is 0 Å². The first-order valence-corrected chi connectivity index (χ1v) is 7.70. The van der Waals surface area contributed by atoms with E-state index >= 15 is 0 Å². The van der Waals surface area contributed by atoms with E-state index in [1.807, 2.05) is 12.1 Å². The molecule has 114 valence electrons. The molecule has 0 radical (unpaired) electrons. The Morgan fingerprint density at radius 2 is 1.86 bits per heavy atom. The molecule has 0 aliphatic rings. The Hall–Kier alpha value is -1.74. The molecule has 0 saturated carbocycles. The largest absolute Gasteiger partial charge is 0.497 e. The van der Waals surface area contributed by atoms with Gasteiger partial charge in [-0.05, 0) is 62.7 Å². The quantitative estimate of drug-likeness (QED) is 0.779. The molecule has 2 aromatic rings. The van der Waals surface area contributed by atoms with Gasteiger partial charge >= 0.3 is 0 Å². The first-order valence-electron chi connectivity index (χ1n) is 7.70. The van der Waals surface area contributed by atoms with Gasteiger partial charge in [0.15, 0.2) is 0 Å². The Morgan fingerprint density at radius 3 is 2.48 bits per heavy atom. The molecule has 0 aliphatic carbocycles. The third-order valence-corrected chi connectivity index (χ3v) is 3.89. The molecule has 0 aliphatic heterocycles. The zero-order valence-corrected chi connectivity index (χ0v) is 13.6. The molecule has 1 aromatic carbocycles. The van der Waals surface area contributed by atoms with E-state index in [1.165, 1.54) is 35.5 Å². The van der Waals surface area contributed by atoms with Crippen LogP contribution in [-0.2, 0) is 6.54 Å². The van der Waals surface area contributed by atoms with Crippen molar-refractivity contribution in [3.05, 3.63) is 47.3 Å². The smallest absolute Gasteiger partial charge is 0.119 e. The summed E-state index contributed by atoms with van der Waals surface area (Å²) in [6.07, 6.45) is 2.47. The lowest BCUT2D eigenvalue weighted by Crippen LogP contribution is -2.14. The van der Waals surface area contributed by atoms with Gasteiger partial charge in [0.05, 0.1) is 7.11 Å². The summed E-state index contributed by atoms with van der Waals surface area (Å²) in [5.74, 6) is 0.891. The number of unbranched alkanes of at least 4 members (excludes halogenated alkanes) is 1. The van der Waals surface area contributed by atoms with E-state index in [9.17, 15) is 0 Å². The van der Waals surface area contributed by atoms with Gasteiger partial charge in [0.25, 0.3) is 0 Å². The maximum absolute atomic E-state index is 5.23. The average molecular weight is 286 g/mol. The van der Waals surface area contributed by atoms with E-state index in [4.69, 9.17) is 4.74 Å². The number of benzene rings is 1. The number of aromatic nitrogens is 1. The third kappa shape index (κ3) is 3.67. The Bertz CT molecular complexity index is 570. The molecular weight excluding hydrogens is 260 g/mol. The van der Waals surface area contributed by atoms with Crippen LogP contribution >= 0.6 is 0 Å². The molecule has 1 aromatic heterocycles. The summed E-state index contributed by atoms with van der Waals surface area (Å²) in [5.41, 5.74) is 5.14. The molecule has 0 saturated heterocycles. The standard InChI is InChI=1S/C18H26N2O/c1-5-6-11-19-13-16-12-14(2)20(15(16)3)17-7-9-18(21-4)10-8-17/h7-10,12,19H,5-6,11,13H2,1-4H3. The first-order chi connectivity index (χ1) is 10.2. The van der Waals surface area contributed by atoms with Crippen LogP contribution in [0.1, 0.15) is 36.7 Å². The zero-order valence-electron chi connectivity index (χ0n) is 13.6. The van der Waals surface area contributed by atoms with Gasteiger partial charge in [0.2, 0.25) is 0 Å². The molecule has 21 heavy (non-hydrogen) atoms. The topological polar surface area (TPSA) is 26.2 Å². The molecule has 0 amide bonds. The lowest BCUT2D eigenvalue weighted by atomic mass is 10.2. The van der Waals surface area contributed by atoms with Crippen molar-refractivity contribution < 1.29 is 4.74 Å². The van der Waals surface area contributed by atoms with Gasteiger partial charge in [-0.2, -0.15) is 0 Å². The van der Waals surface area contributed by atoms with Crippen LogP contribution in [0.3, 0.4) is 0 Å². The van der Waals surface area contributed by atoms with Crippen LogP contribution in [0.5, 0.6) is 5.75 Å². The molecule has 3 heteroatoms. The normalized spacial score (nSPS) is 10.9. The molecular formula is C18H26N2O. The highest BCUT2D eigenvalue weighted by molar-refractivity contribution is 5.43. The highest BCUT2D eigenvalue weighted by Gasteiger charge is 2.10. The molecule has 3 nitrogen and oxygen atoms in total. The molecule has 0 unspecified atom stereocenters. The Kier molecular flexibility index (Phi) is 5.45. The minimum absolute atomic E-state index is 0.891. The van der Waals surface area contributed by atoms with E-state index in [1.54, 1.807) is 7.11 Å². The second kappa shape index (κ2) is 7.32. The van der Waals surface area contributed by atoms with Crippen molar-refractivity contribution in [2.45, 2.75) is 40.2 Å². The summed E-state index contributed by atoms with van der Waals surface area (Å²) in [4.78, 5) is 0. The minimum Gasteiger partial charge on any atom is -0.497 e. The molecule has 1 N–H and O–H groups in total. The van der Waals surface area contributed by atoms with Crippen molar-refractivity contribution in [1.29, 1.82) is 0 Å². The Balaban J connectivity index is 2.17. The minimum atomic E-state index is 0.891. The van der Waals surface area contributed by atoms with Crippen molar-refractivity contribution in [3.8, 4) is 11.4 Å². The molecule has 0 spiro atoms. The fourth-order valence-corrected chi connectivity index (χ4v) is 2.66. The van der Waals surface area contributed by atoms with Crippen LogP contribution in [0.2, 0.25) is 0 Å². The van der Waals surface area contributed by atoms with Crippen LogP contribution in [0, 0.1) is 13.8 Å². The van der Waals surface area contributed by atoms with Crippen LogP contribution in [0.15, 0.2) is 30.3 Å². The van der Waals surface area contributed by atoms with Gasteiger partial charge in [0.1, 0.15) is 5.75 Å². The summed E-state index contributed by atoms with van der Waals surface area (Å²) in [7, 11) is 1.70. The Morgan fingerprint density at radius 1 is 1.14 bits per heavy atom. The number of ether oxygens (including phenoxy) is 1. The third-order valence-electron chi connectivity index (χ3n) is 3.89. The van der Waals surface area contributed by atoms with Crippen molar-refractivity contribution in [2.24, 2.45) is 0 Å². The van der Waals surface area contributed by atoms with E-state index in [2.05, 4.69) is 48.9 Å². The SMILES string of the molecule is CCCCNCc1cc(C)n(-c2ccc(OC)cc2)c1C. The van der Waals surface area contributed by atoms with E-state index in [0.717, 1.165) is 18.8 Å². The molecule has 0 fully saturated rings. The number of aryl methyl sites for hydroxylation is 1. The van der Waals surface area contributed by atoms with E-state index in [0.29, 0.717) is 0 Å². The predicted octanol–water partition coefficient (Wildman–Crippen LogP) is 3.99. The summed E-state index contributed by atoms with van der Waals surface area (Å²) in [6, 6.07) is 10.5. The summed E-state index contributed by atoms with van der Waals surface area (Å²) < 4.78 is 7.53. The molecule has 0 bridgehead atoms. The van der Waals surface area contributed by atoms with Crippen molar-refractivity contribution in [3.63, 3.8) is 0 Å². The van der Waals surface area contributed by atoms with Crippen molar-refractivity contribution in [2.75, 3.05) is 13.7 Å². The van der Waals surface area contributed by atoms with E-state index < -0.39 is 0 Å². The zero-order chi connectivity index (χ0) is 15.2. The van der Waals surface area contributed by atoms with Gasteiger partial charge in [-0.15, -0.1) is 0 Å². The highest BCUT2D eigenvalue weighted by atomic mass is 16.5. The number of hydrogen-bond acceptors (Lipinski definition) is 2. The van der Waals surface area contributed by atoms with Crippen LogP contribution < -0.4 is 10.1 Å². The maximum atomic E-state index is 5.23. The highest BCUT2D eigenvalue weighted by Crippen LogP contribution is 2.22.